The molecule has 0 aliphatic rings. The van der Waals surface area contributed by atoms with Crippen LogP contribution in [0.2, 0.25) is 0 Å². The molecule has 0 saturated heterocycles. The third-order valence-corrected chi connectivity index (χ3v) is 6.23. The molecule has 4 rings (SSSR count). The fourth-order valence-electron chi connectivity index (χ4n) is 4.30. The van der Waals surface area contributed by atoms with Crippen LogP contribution in [-0.2, 0) is 16.8 Å². The number of methoxy groups -OCH3 is 1. The number of aromatic nitrogens is 2. The SMILES string of the molecule is CCOc1ccccc1-c1cc(-c2cc(C(C)(C)C)ccc2OCC(=O)O)nn1Cc1ccccc1OC. The molecule has 1 heterocycles. The van der Waals surface area contributed by atoms with Gasteiger partial charge in [-0.1, -0.05) is 57.2 Å². The van der Waals surface area contributed by atoms with E-state index in [1.807, 2.05) is 84.4 Å². The number of benzene rings is 3. The van der Waals surface area contributed by atoms with Crippen molar-refractivity contribution in [3.05, 3.63) is 83.9 Å². The van der Waals surface area contributed by atoms with Gasteiger partial charge < -0.3 is 19.3 Å². The van der Waals surface area contributed by atoms with Crippen molar-refractivity contribution in [3.8, 4) is 39.8 Å². The average Bonchev–Trinajstić information content (AvgIpc) is 3.31. The molecule has 7 heteroatoms. The number of nitrogens with zero attached hydrogens (tertiary/aromatic N) is 2. The van der Waals surface area contributed by atoms with Crippen LogP contribution in [0.5, 0.6) is 17.2 Å². The molecule has 4 aromatic rings. The molecule has 0 radical (unpaired) electrons. The number of carboxylic acid groups (broad SMARTS) is 1. The van der Waals surface area contributed by atoms with Crippen LogP contribution in [0.1, 0.15) is 38.8 Å². The highest BCUT2D eigenvalue weighted by atomic mass is 16.5. The minimum Gasteiger partial charge on any atom is -0.496 e. The molecule has 0 unspecified atom stereocenters. The largest absolute Gasteiger partial charge is 0.496 e. The number of ether oxygens (including phenoxy) is 3. The zero-order valence-corrected chi connectivity index (χ0v) is 22.5. The van der Waals surface area contributed by atoms with Crippen molar-refractivity contribution in [1.82, 2.24) is 9.78 Å². The molecule has 0 aliphatic carbocycles. The Hall–Kier alpha value is -4.26. The standard InChI is InChI=1S/C31H34N2O5/c1-6-37-28-14-10-8-12-23(28)26-18-25(32-33(26)19-21-11-7-9-13-27(21)36-5)24-17-22(31(2,3)4)15-16-29(24)38-20-30(34)35/h7-18H,6,19-20H2,1-5H3,(H,34,35). The number of hydrogen-bond acceptors (Lipinski definition) is 5. The fraction of sp³-hybridized carbons (Fsp3) is 0.290. The smallest absolute Gasteiger partial charge is 0.341 e. The number of rotatable bonds is 10. The Morgan fingerprint density at radius 2 is 1.58 bits per heavy atom. The van der Waals surface area contributed by atoms with E-state index in [1.165, 1.54) is 0 Å². The first-order valence-electron chi connectivity index (χ1n) is 12.6. The molecule has 198 valence electrons. The van der Waals surface area contributed by atoms with Crippen LogP contribution >= 0.6 is 0 Å². The summed E-state index contributed by atoms with van der Waals surface area (Å²) in [5.74, 6) is 0.957. The van der Waals surface area contributed by atoms with Gasteiger partial charge >= 0.3 is 5.97 Å². The number of hydrogen-bond donors (Lipinski definition) is 1. The molecule has 38 heavy (non-hydrogen) atoms. The van der Waals surface area contributed by atoms with E-state index in [-0.39, 0.29) is 5.41 Å². The summed E-state index contributed by atoms with van der Waals surface area (Å²) in [7, 11) is 1.66. The Morgan fingerprint density at radius 1 is 0.895 bits per heavy atom. The Morgan fingerprint density at radius 3 is 2.26 bits per heavy atom. The van der Waals surface area contributed by atoms with Gasteiger partial charge in [0.15, 0.2) is 6.61 Å². The Kier molecular flexibility index (Phi) is 8.05. The second kappa shape index (κ2) is 11.4. The van der Waals surface area contributed by atoms with Crippen LogP contribution in [-0.4, -0.2) is 41.2 Å². The number of aliphatic carboxylic acids is 1. The van der Waals surface area contributed by atoms with Gasteiger partial charge in [0.05, 0.1) is 31.6 Å². The lowest BCUT2D eigenvalue weighted by Gasteiger charge is -2.21. The first kappa shape index (κ1) is 26.8. The van der Waals surface area contributed by atoms with Gasteiger partial charge in [0, 0.05) is 16.7 Å². The maximum Gasteiger partial charge on any atom is 0.341 e. The van der Waals surface area contributed by atoms with Crippen molar-refractivity contribution >= 4 is 5.97 Å². The molecule has 0 atom stereocenters. The number of carbonyl (C=O) groups is 1. The summed E-state index contributed by atoms with van der Waals surface area (Å²) in [6, 6.07) is 23.6. The molecular weight excluding hydrogens is 480 g/mol. The highest BCUT2D eigenvalue weighted by molar-refractivity contribution is 5.76. The zero-order valence-electron chi connectivity index (χ0n) is 22.5. The lowest BCUT2D eigenvalue weighted by atomic mass is 9.85. The van der Waals surface area contributed by atoms with Crippen molar-refractivity contribution in [2.45, 2.75) is 39.7 Å². The van der Waals surface area contributed by atoms with Crippen molar-refractivity contribution in [2.75, 3.05) is 20.3 Å². The molecule has 0 bridgehead atoms. The molecular formula is C31H34N2O5. The topological polar surface area (TPSA) is 82.8 Å². The van der Waals surface area contributed by atoms with E-state index in [0.717, 1.165) is 39.4 Å². The summed E-state index contributed by atoms with van der Waals surface area (Å²) < 4.78 is 19.2. The van der Waals surface area contributed by atoms with Crippen LogP contribution in [0.25, 0.3) is 22.5 Å². The van der Waals surface area contributed by atoms with Crippen LogP contribution < -0.4 is 14.2 Å². The van der Waals surface area contributed by atoms with E-state index in [1.54, 1.807) is 7.11 Å². The summed E-state index contributed by atoms with van der Waals surface area (Å²) in [5, 5.41) is 14.3. The number of carboxylic acids is 1. The van der Waals surface area contributed by atoms with Crippen LogP contribution in [0.15, 0.2) is 72.8 Å². The molecule has 1 aromatic heterocycles. The van der Waals surface area contributed by atoms with E-state index >= 15 is 0 Å². The summed E-state index contributed by atoms with van der Waals surface area (Å²) in [5.41, 5.74) is 5.12. The summed E-state index contributed by atoms with van der Waals surface area (Å²) in [6.45, 7) is 8.91. The van der Waals surface area contributed by atoms with Crippen LogP contribution in [0.3, 0.4) is 0 Å². The van der Waals surface area contributed by atoms with Gasteiger partial charge in [-0.3, -0.25) is 4.68 Å². The van der Waals surface area contributed by atoms with Crippen molar-refractivity contribution in [3.63, 3.8) is 0 Å². The average molecular weight is 515 g/mol. The first-order valence-corrected chi connectivity index (χ1v) is 12.6. The Labute approximate surface area is 223 Å². The summed E-state index contributed by atoms with van der Waals surface area (Å²) in [4.78, 5) is 11.3. The van der Waals surface area contributed by atoms with Crippen molar-refractivity contribution < 1.29 is 24.1 Å². The summed E-state index contributed by atoms with van der Waals surface area (Å²) in [6.07, 6.45) is 0. The van der Waals surface area contributed by atoms with Crippen molar-refractivity contribution in [2.24, 2.45) is 0 Å². The molecule has 3 aromatic carbocycles. The van der Waals surface area contributed by atoms with E-state index in [4.69, 9.17) is 19.3 Å². The molecule has 7 nitrogen and oxygen atoms in total. The Balaban J connectivity index is 1.91. The highest BCUT2D eigenvalue weighted by Crippen LogP contribution is 2.38. The van der Waals surface area contributed by atoms with Crippen LogP contribution in [0.4, 0.5) is 0 Å². The maximum atomic E-state index is 11.3. The van der Waals surface area contributed by atoms with Gasteiger partial charge in [-0.25, -0.2) is 4.79 Å². The third-order valence-electron chi connectivity index (χ3n) is 6.23. The predicted molar refractivity (Wildman–Crippen MR) is 148 cm³/mol. The van der Waals surface area contributed by atoms with Gasteiger partial charge in [0.1, 0.15) is 17.2 Å². The predicted octanol–water partition coefficient (Wildman–Crippen LogP) is 6.43. The minimum absolute atomic E-state index is 0.121. The molecule has 0 fully saturated rings. The number of para-hydroxylation sites is 2. The second-order valence-corrected chi connectivity index (χ2v) is 9.96. The molecule has 0 aliphatic heterocycles. The zero-order chi connectivity index (χ0) is 27.3. The Bertz CT molecular complexity index is 1420. The van der Waals surface area contributed by atoms with E-state index in [9.17, 15) is 9.90 Å². The van der Waals surface area contributed by atoms with E-state index < -0.39 is 12.6 Å². The quantitative estimate of drug-likeness (QED) is 0.262. The van der Waals surface area contributed by atoms with E-state index in [0.29, 0.717) is 24.6 Å². The molecule has 0 amide bonds. The van der Waals surface area contributed by atoms with E-state index in [2.05, 4.69) is 20.8 Å². The van der Waals surface area contributed by atoms with Gasteiger partial charge in [-0.2, -0.15) is 5.10 Å². The van der Waals surface area contributed by atoms with Crippen molar-refractivity contribution in [1.29, 1.82) is 0 Å². The second-order valence-electron chi connectivity index (χ2n) is 9.96. The van der Waals surface area contributed by atoms with Gasteiger partial charge in [0.25, 0.3) is 0 Å². The normalized spacial score (nSPS) is 11.3. The van der Waals surface area contributed by atoms with Gasteiger partial charge in [-0.15, -0.1) is 0 Å². The molecule has 1 N–H and O–H groups in total. The lowest BCUT2D eigenvalue weighted by Crippen LogP contribution is -2.13. The molecule has 0 spiro atoms. The van der Waals surface area contributed by atoms with Gasteiger partial charge in [0.2, 0.25) is 0 Å². The third kappa shape index (κ3) is 5.99. The molecule has 0 saturated carbocycles. The maximum absolute atomic E-state index is 11.3. The monoisotopic (exact) mass is 514 g/mol. The fourth-order valence-corrected chi connectivity index (χ4v) is 4.30. The van der Waals surface area contributed by atoms with Gasteiger partial charge in [-0.05, 0) is 54.3 Å². The van der Waals surface area contributed by atoms with Crippen LogP contribution in [0, 0.1) is 0 Å². The lowest BCUT2D eigenvalue weighted by molar-refractivity contribution is -0.139. The summed E-state index contributed by atoms with van der Waals surface area (Å²) >= 11 is 0. The minimum atomic E-state index is -1.04. The first-order chi connectivity index (χ1) is 18.2. The highest BCUT2D eigenvalue weighted by Gasteiger charge is 2.22.